The Bertz CT molecular complexity index is 1210. The molecule has 1 fully saturated rings. The lowest BCUT2D eigenvalue weighted by atomic mass is 9.95. The predicted octanol–water partition coefficient (Wildman–Crippen LogP) is 4.89. The molecule has 4 rings (SSSR count). The summed E-state index contributed by atoms with van der Waals surface area (Å²) in [7, 11) is 3.09. The summed E-state index contributed by atoms with van der Waals surface area (Å²) in [5, 5.41) is 11.2. The number of rotatable bonds is 6. The maximum atomic E-state index is 13.2. The number of anilines is 1. The van der Waals surface area contributed by atoms with Gasteiger partial charge in [0, 0.05) is 11.3 Å². The zero-order chi connectivity index (χ0) is 23.5. The summed E-state index contributed by atoms with van der Waals surface area (Å²) < 4.78 is 10.5. The van der Waals surface area contributed by atoms with Crippen LogP contribution in [-0.4, -0.2) is 31.0 Å². The standard InChI is InChI=1S/C27H25NO5/c1-4-17-8-12-20(13-9-17)28-24(18-10-14-21(32-2)15-11-18)23(26(30)27(28)31)25(29)19-6-5-7-22(16-19)33-3/h5-16,24,29H,4H2,1-3H3/b25-23-. The summed E-state index contributed by atoms with van der Waals surface area (Å²) in [4.78, 5) is 27.9. The van der Waals surface area contributed by atoms with Crippen LogP contribution in [0.1, 0.15) is 29.7 Å². The van der Waals surface area contributed by atoms with Crippen molar-refractivity contribution in [1.29, 1.82) is 0 Å². The highest BCUT2D eigenvalue weighted by molar-refractivity contribution is 6.51. The summed E-state index contributed by atoms with van der Waals surface area (Å²) in [6.07, 6.45) is 0.858. The summed E-state index contributed by atoms with van der Waals surface area (Å²) in [5.74, 6) is -0.499. The quantitative estimate of drug-likeness (QED) is 0.333. The van der Waals surface area contributed by atoms with Crippen LogP contribution < -0.4 is 14.4 Å². The third kappa shape index (κ3) is 4.07. The number of amides is 1. The first-order valence-electron chi connectivity index (χ1n) is 10.7. The highest BCUT2D eigenvalue weighted by atomic mass is 16.5. The van der Waals surface area contributed by atoms with Crippen molar-refractivity contribution in [3.63, 3.8) is 0 Å². The van der Waals surface area contributed by atoms with E-state index in [1.54, 1.807) is 55.6 Å². The van der Waals surface area contributed by atoms with Crippen LogP contribution in [0, 0.1) is 0 Å². The van der Waals surface area contributed by atoms with E-state index in [-0.39, 0.29) is 11.3 Å². The highest BCUT2D eigenvalue weighted by Gasteiger charge is 2.47. The van der Waals surface area contributed by atoms with E-state index in [2.05, 4.69) is 0 Å². The van der Waals surface area contributed by atoms with E-state index >= 15 is 0 Å². The Morgan fingerprint density at radius 1 is 0.909 bits per heavy atom. The van der Waals surface area contributed by atoms with Crippen LogP contribution in [0.15, 0.2) is 78.4 Å². The fourth-order valence-electron chi connectivity index (χ4n) is 4.02. The maximum Gasteiger partial charge on any atom is 0.300 e. The summed E-state index contributed by atoms with van der Waals surface area (Å²) in [6, 6.07) is 20.6. The number of aryl methyl sites for hydroxylation is 1. The van der Waals surface area contributed by atoms with Crippen LogP contribution in [0.25, 0.3) is 5.76 Å². The normalized spacial score (nSPS) is 17.3. The molecular formula is C27H25NO5. The summed E-state index contributed by atoms with van der Waals surface area (Å²) in [5.41, 5.74) is 2.80. The average Bonchev–Trinajstić information content (AvgIpc) is 3.13. The topological polar surface area (TPSA) is 76.1 Å². The van der Waals surface area contributed by atoms with Gasteiger partial charge < -0.3 is 14.6 Å². The van der Waals surface area contributed by atoms with E-state index in [0.29, 0.717) is 28.3 Å². The number of hydrogen-bond donors (Lipinski definition) is 1. The molecule has 0 saturated carbocycles. The van der Waals surface area contributed by atoms with Gasteiger partial charge in [0.1, 0.15) is 17.3 Å². The van der Waals surface area contributed by atoms with Gasteiger partial charge in [-0.2, -0.15) is 0 Å². The van der Waals surface area contributed by atoms with Gasteiger partial charge in [-0.15, -0.1) is 0 Å². The molecule has 1 saturated heterocycles. The molecule has 1 unspecified atom stereocenters. The zero-order valence-electron chi connectivity index (χ0n) is 18.7. The molecule has 3 aromatic carbocycles. The van der Waals surface area contributed by atoms with Crippen molar-refractivity contribution >= 4 is 23.1 Å². The lowest BCUT2D eigenvalue weighted by molar-refractivity contribution is -0.132. The molecule has 0 radical (unpaired) electrons. The number of methoxy groups -OCH3 is 2. The van der Waals surface area contributed by atoms with E-state index in [1.807, 2.05) is 31.2 Å². The first-order chi connectivity index (χ1) is 16.0. The number of ketones is 1. The number of benzene rings is 3. The largest absolute Gasteiger partial charge is 0.507 e. The molecule has 1 amide bonds. The second-order valence-corrected chi connectivity index (χ2v) is 7.69. The van der Waals surface area contributed by atoms with Gasteiger partial charge in [-0.3, -0.25) is 14.5 Å². The molecule has 1 aliphatic heterocycles. The lowest BCUT2D eigenvalue weighted by Gasteiger charge is -2.25. The van der Waals surface area contributed by atoms with Crippen LogP contribution in [0.4, 0.5) is 5.69 Å². The Morgan fingerprint density at radius 2 is 1.58 bits per heavy atom. The molecule has 33 heavy (non-hydrogen) atoms. The van der Waals surface area contributed by atoms with Crippen molar-refractivity contribution in [2.45, 2.75) is 19.4 Å². The van der Waals surface area contributed by atoms with Crippen molar-refractivity contribution in [3.8, 4) is 11.5 Å². The Labute approximate surface area is 192 Å². The molecule has 6 nitrogen and oxygen atoms in total. The molecular weight excluding hydrogens is 418 g/mol. The maximum absolute atomic E-state index is 13.2. The molecule has 0 aromatic heterocycles. The number of Topliss-reactive ketones (excluding diaryl/α,β-unsaturated/α-hetero) is 1. The van der Waals surface area contributed by atoms with E-state index in [1.165, 1.54) is 12.0 Å². The van der Waals surface area contributed by atoms with Crippen molar-refractivity contribution in [2.24, 2.45) is 0 Å². The first-order valence-corrected chi connectivity index (χ1v) is 10.7. The minimum Gasteiger partial charge on any atom is -0.507 e. The van der Waals surface area contributed by atoms with Crippen LogP contribution in [0.3, 0.4) is 0 Å². The number of hydrogen-bond acceptors (Lipinski definition) is 5. The average molecular weight is 443 g/mol. The van der Waals surface area contributed by atoms with Crippen molar-refractivity contribution in [1.82, 2.24) is 0 Å². The van der Waals surface area contributed by atoms with Crippen LogP contribution in [0.2, 0.25) is 0 Å². The molecule has 0 bridgehead atoms. The molecule has 1 heterocycles. The Hall–Kier alpha value is -4.06. The Kier molecular flexibility index (Phi) is 6.18. The molecule has 1 aliphatic rings. The minimum atomic E-state index is -0.797. The van der Waals surface area contributed by atoms with Crippen molar-refractivity contribution < 1.29 is 24.2 Å². The molecule has 0 spiro atoms. The third-order valence-corrected chi connectivity index (χ3v) is 5.84. The molecule has 6 heteroatoms. The van der Waals surface area contributed by atoms with Crippen LogP contribution in [0.5, 0.6) is 11.5 Å². The number of carbonyl (C=O) groups is 2. The van der Waals surface area contributed by atoms with Gasteiger partial charge in [0.2, 0.25) is 0 Å². The first kappa shape index (κ1) is 22.1. The number of nitrogens with zero attached hydrogens (tertiary/aromatic N) is 1. The second kappa shape index (κ2) is 9.20. The SMILES string of the molecule is CCc1ccc(N2C(=O)C(=O)/C(=C(\O)c3cccc(OC)c3)C2c2ccc(OC)cc2)cc1. The molecule has 1 atom stereocenters. The highest BCUT2D eigenvalue weighted by Crippen LogP contribution is 2.42. The van der Waals surface area contributed by atoms with Crippen molar-refractivity contribution in [2.75, 3.05) is 19.1 Å². The number of carbonyl (C=O) groups excluding carboxylic acids is 2. The smallest absolute Gasteiger partial charge is 0.300 e. The second-order valence-electron chi connectivity index (χ2n) is 7.69. The summed E-state index contributed by atoms with van der Waals surface area (Å²) in [6.45, 7) is 2.05. The lowest BCUT2D eigenvalue weighted by Crippen LogP contribution is -2.29. The van der Waals surface area contributed by atoms with Gasteiger partial charge >= 0.3 is 0 Å². The van der Waals surface area contributed by atoms with Crippen LogP contribution >= 0.6 is 0 Å². The van der Waals surface area contributed by atoms with Crippen LogP contribution in [-0.2, 0) is 16.0 Å². The summed E-state index contributed by atoms with van der Waals surface area (Å²) >= 11 is 0. The minimum absolute atomic E-state index is 0.0259. The van der Waals surface area contributed by atoms with Gasteiger partial charge in [0.15, 0.2) is 0 Å². The molecule has 1 N–H and O–H groups in total. The van der Waals surface area contributed by atoms with Gasteiger partial charge in [-0.1, -0.05) is 43.3 Å². The van der Waals surface area contributed by atoms with Gasteiger partial charge in [0.05, 0.1) is 25.8 Å². The number of aliphatic hydroxyl groups is 1. The Balaban J connectivity index is 1.91. The molecule has 3 aromatic rings. The number of aliphatic hydroxyl groups excluding tert-OH is 1. The van der Waals surface area contributed by atoms with E-state index in [9.17, 15) is 14.7 Å². The van der Waals surface area contributed by atoms with Gasteiger partial charge in [-0.05, 0) is 53.9 Å². The number of ether oxygens (including phenoxy) is 2. The van der Waals surface area contributed by atoms with E-state index in [4.69, 9.17) is 9.47 Å². The fourth-order valence-corrected chi connectivity index (χ4v) is 4.02. The van der Waals surface area contributed by atoms with Gasteiger partial charge in [-0.25, -0.2) is 0 Å². The molecule has 168 valence electrons. The fraction of sp³-hybridized carbons (Fsp3) is 0.185. The Morgan fingerprint density at radius 3 is 2.18 bits per heavy atom. The van der Waals surface area contributed by atoms with Crippen molar-refractivity contribution in [3.05, 3.63) is 95.1 Å². The zero-order valence-corrected chi connectivity index (χ0v) is 18.7. The van der Waals surface area contributed by atoms with E-state index in [0.717, 1.165) is 12.0 Å². The van der Waals surface area contributed by atoms with E-state index < -0.39 is 17.7 Å². The molecule has 0 aliphatic carbocycles. The van der Waals surface area contributed by atoms with Gasteiger partial charge in [0.25, 0.3) is 11.7 Å². The monoisotopic (exact) mass is 443 g/mol. The third-order valence-electron chi connectivity index (χ3n) is 5.84. The predicted molar refractivity (Wildman–Crippen MR) is 127 cm³/mol.